The molecular formula is C20H17F3N2O3S. The first-order chi connectivity index (χ1) is 13.8. The number of halogens is 3. The lowest BCUT2D eigenvalue weighted by Gasteiger charge is -2.13. The lowest BCUT2D eigenvalue weighted by atomic mass is 10.00. The molecule has 2 aromatic carbocycles. The normalized spacial score (nSPS) is 18.6. The molecule has 0 spiro atoms. The summed E-state index contributed by atoms with van der Waals surface area (Å²) in [5, 5.41) is 0. The van der Waals surface area contributed by atoms with Crippen molar-refractivity contribution in [2.45, 2.75) is 38.0 Å². The maximum atomic E-state index is 12.6. The third-order valence-electron chi connectivity index (χ3n) is 4.65. The second-order valence-electron chi connectivity index (χ2n) is 6.89. The summed E-state index contributed by atoms with van der Waals surface area (Å²) < 4.78 is 56.6. The van der Waals surface area contributed by atoms with Crippen LogP contribution in [0.1, 0.15) is 31.2 Å². The van der Waals surface area contributed by atoms with E-state index < -0.39 is 12.8 Å². The number of aromatic nitrogens is 2. The zero-order chi connectivity index (χ0) is 20.6. The molecular weight excluding hydrogens is 405 g/mol. The van der Waals surface area contributed by atoms with Gasteiger partial charge in [0, 0.05) is 12.3 Å². The summed E-state index contributed by atoms with van der Waals surface area (Å²) >= 11 is 1.10. The van der Waals surface area contributed by atoms with E-state index in [1.54, 1.807) is 19.1 Å². The van der Waals surface area contributed by atoms with Gasteiger partial charge in [0.1, 0.15) is 22.9 Å². The van der Waals surface area contributed by atoms with E-state index in [1.165, 1.54) is 0 Å². The molecule has 1 aromatic heterocycles. The summed E-state index contributed by atoms with van der Waals surface area (Å²) in [7, 11) is 0. The molecule has 9 heteroatoms. The monoisotopic (exact) mass is 422 g/mol. The summed E-state index contributed by atoms with van der Waals surface area (Å²) in [6, 6.07) is 10.6. The van der Waals surface area contributed by atoms with Crippen LogP contribution in [0.5, 0.6) is 5.75 Å². The fourth-order valence-electron chi connectivity index (χ4n) is 3.12. The number of hydrogen-bond donors (Lipinski definition) is 0. The van der Waals surface area contributed by atoms with E-state index in [0.717, 1.165) is 33.9 Å². The molecule has 29 heavy (non-hydrogen) atoms. The van der Waals surface area contributed by atoms with Crippen LogP contribution in [-0.4, -0.2) is 33.6 Å². The molecule has 152 valence electrons. The van der Waals surface area contributed by atoms with Crippen LogP contribution in [0.4, 0.5) is 13.2 Å². The number of fused-ring (bicyclic) bond motifs is 1. The number of benzene rings is 2. The van der Waals surface area contributed by atoms with Gasteiger partial charge in [-0.3, -0.25) is 4.79 Å². The Morgan fingerprint density at radius 1 is 1.14 bits per heavy atom. The predicted molar refractivity (Wildman–Crippen MR) is 102 cm³/mol. The van der Waals surface area contributed by atoms with Crippen LogP contribution >= 0.6 is 11.7 Å². The smallest absolute Gasteiger partial charge is 0.422 e. The van der Waals surface area contributed by atoms with Crippen LogP contribution in [0.25, 0.3) is 22.2 Å². The number of esters is 1. The van der Waals surface area contributed by atoms with Crippen molar-refractivity contribution < 1.29 is 27.4 Å². The minimum atomic E-state index is -4.43. The second kappa shape index (κ2) is 7.62. The Morgan fingerprint density at radius 2 is 1.93 bits per heavy atom. The third kappa shape index (κ3) is 4.67. The highest BCUT2D eigenvalue weighted by Gasteiger charge is 2.42. The molecule has 0 N–H and O–H groups in total. The molecule has 1 heterocycles. The van der Waals surface area contributed by atoms with E-state index in [9.17, 15) is 18.0 Å². The van der Waals surface area contributed by atoms with Gasteiger partial charge in [0.05, 0.1) is 11.7 Å². The van der Waals surface area contributed by atoms with Crippen molar-refractivity contribution in [3.05, 3.63) is 42.0 Å². The van der Waals surface area contributed by atoms with Crippen molar-refractivity contribution in [1.29, 1.82) is 0 Å². The molecule has 1 aliphatic carbocycles. The van der Waals surface area contributed by atoms with E-state index in [1.807, 2.05) is 24.3 Å². The van der Waals surface area contributed by atoms with Gasteiger partial charge in [-0.15, -0.1) is 0 Å². The standard InChI is InChI=1S/C20H17F3N2O3S/c1-2-19(26)28-18-9-15(18)13-5-12(6-14(7-13)27-10-20(21,22)23)11-3-4-16-17(8-11)25-29-24-16/h3-8,15,18H,2,9-10H2,1H3. The van der Waals surface area contributed by atoms with Gasteiger partial charge in [-0.1, -0.05) is 19.1 Å². The summed E-state index contributed by atoms with van der Waals surface area (Å²) in [6.07, 6.45) is -3.76. The van der Waals surface area contributed by atoms with Crippen LogP contribution < -0.4 is 4.74 Å². The fraction of sp³-hybridized carbons (Fsp3) is 0.350. The summed E-state index contributed by atoms with van der Waals surface area (Å²) in [6.45, 7) is 0.344. The predicted octanol–water partition coefficient (Wildman–Crippen LogP) is 5.11. The molecule has 2 unspecified atom stereocenters. The first-order valence-corrected chi connectivity index (χ1v) is 9.82. The lowest BCUT2D eigenvalue weighted by molar-refractivity contribution is -0.153. The largest absolute Gasteiger partial charge is 0.484 e. The molecule has 0 saturated heterocycles. The summed E-state index contributed by atoms with van der Waals surface area (Å²) in [5.74, 6) is -0.217. The van der Waals surface area contributed by atoms with Gasteiger partial charge in [-0.25, -0.2) is 0 Å². The molecule has 1 fully saturated rings. The van der Waals surface area contributed by atoms with Crippen molar-refractivity contribution in [3.63, 3.8) is 0 Å². The molecule has 0 aliphatic heterocycles. The highest BCUT2D eigenvalue weighted by molar-refractivity contribution is 7.00. The SMILES string of the molecule is CCC(=O)OC1CC1c1cc(OCC(F)(F)F)cc(-c2ccc3nsnc3c2)c1. The summed E-state index contributed by atoms with van der Waals surface area (Å²) in [5.41, 5.74) is 3.77. The minimum Gasteiger partial charge on any atom is -0.484 e. The van der Waals surface area contributed by atoms with E-state index in [0.29, 0.717) is 12.0 Å². The first kappa shape index (κ1) is 19.6. The average Bonchev–Trinajstić information content (AvgIpc) is 3.29. The molecule has 3 aromatic rings. The number of carbonyl (C=O) groups excluding carboxylic acids is 1. The minimum absolute atomic E-state index is 0.0524. The van der Waals surface area contributed by atoms with Gasteiger partial charge >= 0.3 is 12.1 Å². The first-order valence-electron chi connectivity index (χ1n) is 9.09. The van der Waals surface area contributed by atoms with Crippen LogP contribution in [0.2, 0.25) is 0 Å². The topological polar surface area (TPSA) is 61.3 Å². The quantitative estimate of drug-likeness (QED) is 0.517. The second-order valence-corrected chi connectivity index (χ2v) is 7.41. The molecule has 0 bridgehead atoms. The maximum absolute atomic E-state index is 12.6. The Kier molecular flexibility index (Phi) is 5.16. The zero-order valence-corrected chi connectivity index (χ0v) is 16.2. The van der Waals surface area contributed by atoms with Crippen molar-refractivity contribution in [1.82, 2.24) is 8.75 Å². The highest BCUT2D eigenvalue weighted by Crippen LogP contribution is 2.46. The summed E-state index contributed by atoms with van der Waals surface area (Å²) in [4.78, 5) is 11.5. The molecule has 1 aliphatic rings. The maximum Gasteiger partial charge on any atom is 0.422 e. The molecule has 0 amide bonds. The number of nitrogens with zero attached hydrogens (tertiary/aromatic N) is 2. The molecule has 0 radical (unpaired) electrons. The van der Waals surface area contributed by atoms with Crippen molar-refractivity contribution >= 4 is 28.7 Å². The van der Waals surface area contributed by atoms with Crippen LogP contribution in [-0.2, 0) is 9.53 Å². The van der Waals surface area contributed by atoms with Crippen LogP contribution in [0, 0.1) is 0 Å². The Morgan fingerprint density at radius 3 is 2.69 bits per heavy atom. The third-order valence-corrected chi connectivity index (χ3v) is 5.21. The van der Waals surface area contributed by atoms with Crippen LogP contribution in [0.3, 0.4) is 0 Å². The molecule has 2 atom stereocenters. The lowest BCUT2D eigenvalue weighted by Crippen LogP contribution is -2.19. The molecule has 1 saturated carbocycles. The van der Waals surface area contributed by atoms with Crippen molar-refractivity contribution in [3.8, 4) is 16.9 Å². The van der Waals surface area contributed by atoms with Gasteiger partial charge in [-0.2, -0.15) is 21.9 Å². The number of alkyl halides is 3. The fourth-order valence-corrected chi connectivity index (χ4v) is 3.64. The Hall–Kier alpha value is -2.68. The van der Waals surface area contributed by atoms with E-state index >= 15 is 0 Å². The van der Waals surface area contributed by atoms with Crippen LogP contribution in [0.15, 0.2) is 36.4 Å². The molecule has 4 rings (SSSR count). The van der Waals surface area contributed by atoms with E-state index in [-0.39, 0.29) is 30.2 Å². The zero-order valence-electron chi connectivity index (χ0n) is 15.4. The molecule has 5 nitrogen and oxygen atoms in total. The van der Waals surface area contributed by atoms with E-state index in [2.05, 4.69) is 8.75 Å². The Bertz CT molecular complexity index is 1050. The van der Waals surface area contributed by atoms with E-state index in [4.69, 9.17) is 9.47 Å². The number of hydrogen-bond acceptors (Lipinski definition) is 6. The van der Waals surface area contributed by atoms with Gasteiger partial charge in [0.15, 0.2) is 6.61 Å². The Labute approximate surface area is 168 Å². The van der Waals surface area contributed by atoms with Gasteiger partial charge in [-0.05, 0) is 47.4 Å². The van der Waals surface area contributed by atoms with Crippen molar-refractivity contribution in [2.75, 3.05) is 6.61 Å². The highest BCUT2D eigenvalue weighted by atomic mass is 32.1. The number of rotatable bonds is 6. The van der Waals surface area contributed by atoms with Gasteiger partial charge in [0.25, 0.3) is 0 Å². The number of ether oxygens (including phenoxy) is 2. The number of carbonyl (C=O) groups is 1. The Balaban J connectivity index is 1.65. The average molecular weight is 422 g/mol. The van der Waals surface area contributed by atoms with Crippen molar-refractivity contribution in [2.24, 2.45) is 0 Å². The van der Waals surface area contributed by atoms with Gasteiger partial charge in [0.2, 0.25) is 0 Å². The van der Waals surface area contributed by atoms with Gasteiger partial charge < -0.3 is 9.47 Å².